The lowest BCUT2D eigenvalue weighted by Gasteiger charge is -2.27. The zero-order chi connectivity index (χ0) is 15.4. The molecule has 1 fully saturated rings. The van der Waals surface area contributed by atoms with Crippen molar-refractivity contribution in [1.82, 2.24) is 24.9 Å². The number of likely N-dealkylation sites (N-methyl/N-ethyl adjacent to an activating group) is 2. The molecule has 21 heavy (non-hydrogen) atoms. The van der Waals surface area contributed by atoms with Crippen LogP contribution in [0.4, 0.5) is 0 Å². The molecule has 7 heteroatoms. The van der Waals surface area contributed by atoms with Gasteiger partial charge in [-0.25, -0.2) is 0 Å². The summed E-state index contributed by atoms with van der Waals surface area (Å²) in [4.78, 5) is 27.7. The van der Waals surface area contributed by atoms with Crippen LogP contribution in [0.5, 0.6) is 0 Å². The molecule has 0 saturated carbocycles. The minimum absolute atomic E-state index is 0.0350. The van der Waals surface area contributed by atoms with Gasteiger partial charge in [-0.05, 0) is 26.0 Å². The topological polar surface area (TPSA) is 70.5 Å². The highest BCUT2D eigenvalue weighted by Crippen LogP contribution is 2.10. The Morgan fingerprint density at radius 2 is 2.24 bits per heavy atom. The number of carbonyl (C=O) groups is 2. The lowest BCUT2D eigenvalue weighted by molar-refractivity contribution is -0.141. The van der Waals surface area contributed by atoms with Crippen LogP contribution in [0.15, 0.2) is 18.5 Å². The Morgan fingerprint density at radius 1 is 1.48 bits per heavy atom. The summed E-state index contributed by atoms with van der Waals surface area (Å²) in [5, 5.41) is 7.30. The maximum atomic E-state index is 12.3. The fourth-order valence-electron chi connectivity index (χ4n) is 2.51. The molecule has 1 saturated heterocycles. The van der Waals surface area contributed by atoms with Gasteiger partial charge in [0.05, 0.1) is 6.54 Å². The molecule has 2 heterocycles. The number of hydrogen-bond donors (Lipinski definition) is 1. The van der Waals surface area contributed by atoms with E-state index in [-0.39, 0.29) is 24.4 Å². The van der Waals surface area contributed by atoms with Gasteiger partial charge in [0, 0.05) is 39.1 Å². The van der Waals surface area contributed by atoms with Gasteiger partial charge >= 0.3 is 0 Å². The molecule has 116 valence electrons. The maximum absolute atomic E-state index is 12.3. The molecular weight excluding hydrogens is 270 g/mol. The Bertz CT molecular complexity index is 482. The van der Waals surface area contributed by atoms with Crippen LogP contribution < -0.4 is 5.32 Å². The number of rotatable bonds is 5. The van der Waals surface area contributed by atoms with Crippen LogP contribution in [0, 0.1) is 0 Å². The molecule has 0 radical (unpaired) electrons. The Hall–Kier alpha value is -1.89. The van der Waals surface area contributed by atoms with Gasteiger partial charge < -0.3 is 15.1 Å². The van der Waals surface area contributed by atoms with Crippen LogP contribution in [0.3, 0.4) is 0 Å². The van der Waals surface area contributed by atoms with Crippen molar-refractivity contribution < 1.29 is 9.59 Å². The van der Waals surface area contributed by atoms with E-state index in [1.807, 2.05) is 0 Å². The normalized spacial score (nSPS) is 19.3. The number of nitrogens with zero attached hydrogens (tertiary/aromatic N) is 4. The fourth-order valence-corrected chi connectivity index (χ4v) is 2.51. The zero-order valence-electron chi connectivity index (χ0n) is 12.8. The van der Waals surface area contributed by atoms with Crippen molar-refractivity contribution in [2.45, 2.75) is 25.4 Å². The van der Waals surface area contributed by atoms with Crippen LogP contribution in [0.25, 0.3) is 0 Å². The molecule has 1 N–H and O–H groups in total. The SMILES string of the molecule is CC(C(=O)N(C)CC(=O)N(C)C1CCNC1)n1cccn1. The van der Waals surface area contributed by atoms with E-state index in [0.29, 0.717) is 0 Å². The van der Waals surface area contributed by atoms with Crippen molar-refractivity contribution in [2.24, 2.45) is 0 Å². The van der Waals surface area contributed by atoms with Gasteiger partial charge in [0.15, 0.2) is 0 Å². The average molecular weight is 293 g/mol. The Labute approximate surface area is 124 Å². The van der Waals surface area contributed by atoms with Crippen molar-refractivity contribution in [2.75, 3.05) is 33.7 Å². The van der Waals surface area contributed by atoms with Gasteiger partial charge in [0.2, 0.25) is 11.8 Å². The molecular formula is C14H23N5O2. The van der Waals surface area contributed by atoms with Gasteiger partial charge in [-0.2, -0.15) is 5.10 Å². The van der Waals surface area contributed by atoms with E-state index in [1.165, 1.54) is 4.90 Å². The Kier molecular flexibility index (Phi) is 4.95. The van der Waals surface area contributed by atoms with Gasteiger partial charge in [-0.3, -0.25) is 14.3 Å². The standard InChI is InChI=1S/C14H23N5O2/c1-11(19-8-4-6-16-19)14(21)17(2)10-13(20)18(3)12-5-7-15-9-12/h4,6,8,11-12,15H,5,7,9-10H2,1-3H3. The summed E-state index contributed by atoms with van der Waals surface area (Å²) in [6, 6.07) is 1.59. The predicted molar refractivity (Wildman–Crippen MR) is 78.6 cm³/mol. The lowest BCUT2D eigenvalue weighted by Crippen LogP contribution is -2.45. The first kappa shape index (κ1) is 15.5. The number of hydrogen-bond acceptors (Lipinski definition) is 4. The summed E-state index contributed by atoms with van der Waals surface area (Å²) in [6.45, 7) is 3.63. The van der Waals surface area contributed by atoms with Crippen molar-refractivity contribution in [3.05, 3.63) is 18.5 Å². The molecule has 0 spiro atoms. The summed E-state index contributed by atoms with van der Waals surface area (Å²) in [5.74, 6) is -0.155. The van der Waals surface area contributed by atoms with Gasteiger partial charge in [-0.15, -0.1) is 0 Å². The largest absolute Gasteiger partial charge is 0.340 e. The summed E-state index contributed by atoms with van der Waals surface area (Å²) < 4.78 is 1.59. The van der Waals surface area contributed by atoms with E-state index in [9.17, 15) is 9.59 Å². The monoisotopic (exact) mass is 293 g/mol. The van der Waals surface area contributed by atoms with E-state index >= 15 is 0 Å². The average Bonchev–Trinajstić information content (AvgIpc) is 3.16. The molecule has 1 aromatic heterocycles. The lowest BCUT2D eigenvalue weighted by atomic mass is 10.2. The fraction of sp³-hybridized carbons (Fsp3) is 0.643. The number of aromatic nitrogens is 2. The molecule has 7 nitrogen and oxygen atoms in total. The summed E-state index contributed by atoms with van der Waals surface area (Å²) >= 11 is 0. The number of amides is 2. The summed E-state index contributed by atoms with van der Waals surface area (Å²) in [7, 11) is 3.45. The molecule has 2 unspecified atom stereocenters. The van der Waals surface area contributed by atoms with Gasteiger partial charge in [0.25, 0.3) is 0 Å². The third kappa shape index (κ3) is 3.60. The van der Waals surface area contributed by atoms with Crippen molar-refractivity contribution >= 4 is 11.8 Å². The molecule has 2 rings (SSSR count). The molecule has 1 aromatic rings. The van der Waals surface area contributed by atoms with Crippen molar-refractivity contribution in [3.63, 3.8) is 0 Å². The highest BCUT2D eigenvalue weighted by atomic mass is 16.2. The Morgan fingerprint density at radius 3 is 2.81 bits per heavy atom. The molecule has 2 atom stereocenters. The third-order valence-electron chi connectivity index (χ3n) is 4.00. The Balaban J connectivity index is 1.89. The smallest absolute Gasteiger partial charge is 0.247 e. The van der Waals surface area contributed by atoms with E-state index in [4.69, 9.17) is 0 Å². The molecule has 1 aliphatic heterocycles. The maximum Gasteiger partial charge on any atom is 0.247 e. The van der Waals surface area contributed by atoms with Crippen LogP contribution in [-0.4, -0.2) is 71.2 Å². The second-order valence-electron chi connectivity index (χ2n) is 5.51. The molecule has 0 aromatic carbocycles. The quantitative estimate of drug-likeness (QED) is 0.811. The second-order valence-corrected chi connectivity index (χ2v) is 5.51. The first-order chi connectivity index (χ1) is 10.0. The third-order valence-corrected chi connectivity index (χ3v) is 4.00. The van der Waals surface area contributed by atoms with Crippen LogP contribution in [0.2, 0.25) is 0 Å². The van der Waals surface area contributed by atoms with E-state index < -0.39 is 6.04 Å². The van der Waals surface area contributed by atoms with Gasteiger partial charge in [0.1, 0.15) is 6.04 Å². The van der Waals surface area contributed by atoms with Crippen LogP contribution in [0.1, 0.15) is 19.4 Å². The van der Waals surface area contributed by atoms with E-state index in [1.54, 1.807) is 49.1 Å². The summed E-state index contributed by atoms with van der Waals surface area (Å²) in [6.07, 6.45) is 4.34. The minimum atomic E-state index is -0.406. The van der Waals surface area contributed by atoms with Crippen molar-refractivity contribution in [3.8, 4) is 0 Å². The number of carbonyl (C=O) groups excluding carboxylic acids is 2. The summed E-state index contributed by atoms with van der Waals surface area (Å²) in [5.41, 5.74) is 0. The van der Waals surface area contributed by atoms with E-state index in [0.717, 1.165) is 19.5 Å². The van der Waals surface area contributed by atoms with Crippen molar-refractivity contribution in [1.29, 1.82) is 0 Å². The van der Waals surface area contributed by atoms with Gasteiger partial charge in [-0.1, -0.05) is 0 Å². The molecule has 2 amide bonds. The minimum Gasteiger partial charge on any atom is -0.340 e. The van der Waals surface area contributed by atoms with Crippen LogP contribution >= 0.6 is 0 Å². The first-order valence-electron chi connectivity index (χ1n) is 7.21. The molecule has 1 aliphatic rings. The van der Waals surface area contributed by atoms with E-state index in [2.05, 4.69) is 10.4 Å². The molecule has 0 bridgehead atoms. The highest BCUT2D eigenvalue weighted by molar-refractivity contribution is 5.86. The first-order valence-corrected chi connectivity index (χ1v) is 7.21. The molecule has 0 aliphatic carbocycles. The zero-order valence-corrected chi connectivity index (χ0v) is 12.8. The highest BCUT2D eigenvalue weighted by Gasteiger charge is 2.26. The second kappa shape index (κ2) is 6.71. The predicted octanol–water partition coefficient (Wildman–Crippen LogP) is -0.277. The number of nitrogens with one attached hydrogen (secondary N) is 1. The van der Waals surface area contributed by atoms with Crippen LogP contribution in [-0.2, 0) is 9.59 Å².